The van der Waals surface area contributed by atoms with Gasteiger partial charge in [0.15, 0.2) is 17.8 Å². The van der Waals surface area contributed by atoms with Crippen LogP contribution in [-0.2, 0) is 35.4 Å². The summed E-state index contributed by atoms with van der Waals surface area (Å²) >= 11 is 0. The van der Waals surface area contributed by atoms with E-state index in [0.717, 1.165) is 5.56 Å². The zero-order chi connectivity index (χ0) is 36.6. The molecule has 0 aliphatic carbocycles. The highest BCUT2D eigenvalue weighted by molar-refractivity contribution is 7.89. The van der Waals surface area contributed by atoms with E-state index in [9.17, 15) is 27.9 Å². The molecule has 0 spiro atoms. The minimum Gasteiger partial charge on any atom is -0.454 e. The summed E-state index contributed by atoms with van der Waals surface area (Å²) in [6.07, 6.45) is -1.84. The fourth-order valence-electron chi connectivity index (χ4n) is 6.20. The zero-order valence-corrected chi connectivity index (χ0v) is 29.8. The molecule has 16 nitrogen and oxygen atoms in total. The highest BCUT2D eigenvalue weighted by atomic mass is 32.2. The third-order valence-corrected chi connectivity index (χ3v) is 10.9. The largest absolute Gasteiger partial charge is 0.454 e. The Morgan fingerprint density at radius 2 is 1.82 bits per heavy atom. The lowest BCUT2D eigenvalue weighted by Gasteiger charge is -2.35. The molecule has 0 radical (unpaired) electrons. The molecule has 2 fully saturated rings. The van der Waals surface area contributed by atoms with E-state index in [1.807, 2.05) is 44.2 Å². The molecule has 5 N–H and O–H groups in total. The Balaban J connectivity index is 1.33. The predicted molar refractivity (Wildman–Crippen MR) is 182 cm³/mol. The van der Waals surface area contributed by atoms with E-state index in [1.165, 1.54) is 29.6 Å². The van der Waals surface area contributed by atoms with Gasteiger partial charge in [-0.3, -0.25) is 4.79 Å². The van der Waals surface area contributed by atoms with Crippen molar-refractivity contribution in [2.75, 3.05) is 53.2 Å². The summed E-state index contributed by atoms with van der Waals surface area (Å²) in [5, 5.41) is 22.1. The number of rotatable bonds is 16. The van der Waals surface area contributed by atoms with Gasteiger partial charge in [0.1, 0.15) is 6.10 Å². The Morgan fingerprint density at radius 3 is 2.59 bits per heavy atom. The molecule has 0 bridgehead atoms. The maximum atomic E-state index is 14.3. The topological polar surface area (TPSA) is 203 Å². The van der Waals surface area contributed by atoms with Gasteiger partial charge < -0.3 is 50.1 Å². The van der Waals surface area contributed by atoms with Crippen LogP contribution in [0.1, 0.15) is 32.3 Å². The van der Waals surface area contributed by atoms with Crippen molar-refractivity contribution in [1.29, 1.82) is 0 Å². The second-order valence-electron chi connectivity index (χ2n) is 13.5. The molecule has 17 heteroatoms. The molecule has 2 aromatic rings. The number of ether oxygens (including phenoxy) is 5. The van der Waals surface area contributed by atoms with Crippen molar-refractivity contribution in [2.45, 2.75) is 62.5 Å². The third-order valence-electron chi connectivity index (χ3n) is 9.05. The maximum absolute atomic E-state index is 14.3. The van der Waals surface area contributed by atoms with Gasteiger partial charge in [0.05, 0.1) is 42.7 Å². The number of amides is 4. The van der Waals surface area contributed by atoms with E-state index in [-0.39, 0.29) is 62.6 Å². The number of sulfonamides is 1. The second-order valence-corrected chi connectivity index (χ2v) is 15.4. The number of nitrogens with one attached hydrogen (secondary N) is 4. The van der Waals surface area contributed by atoms with Crippen LogP contribution in [0.5, 0.6) is 11.5 Å². The molecule has 0 saturated carbocycles. The molecule has 0 aromatic heterocycles. The predicted octanol–water partition coefficient (Wildman–Crippen LogP) is 1.33. The minimum absolute atomic E-state index is 0.0387. The van der Waals surface area contributed by atoms with Crippen molar-refractivity contribution in [1.82, 2.24) is 25.6 Å². The van der Waals surface area contributed by atoms with Crippen molar-refractivity contribution in [2.24, 2.45) is 11.3 Å². The lowest BCUT2D eigenvalue weighted by Crippen LogP contribution is -2.52. The first-order chi connectivity index (χ1) is 24.3. The van der Waals surface area contributed by atoms with E-state index >= 15 is 0 Å². The second kappa shape index (κ2) is 16.9. The number of carbonyl (C=O) groups excluding carboxylic acids is 3. The van der Waals surface area contributed by atoms with Gasteiger partial charge in [-0.1, -0.05) is 44.2 Å². The summed E-state index contributed by atoms with van der Waals surface area (Å²) in [7, 11) is -2.82. The van der Waals surface area contributed by atoms with Gasteiger partial charge in [0.25, 0.3) is 0 Å². The Morgan fingerprint density at radius 1 is 1.06 bits per heavy atom. The quantitative estimate of drug-likeness (QED) is 0.167. The minimum atomic E-state index is -4.26. The molecule has 51 heavy (non-hydrogen) atoms. The zero-order valence-electron chi connectivity index (χ0n) is 29.0. The van der Waals surface area contributed by atoms with Crippen molar-refractivity contribution in [3.63, 3.8) is 0 Å². The highest BCUT2D eigenvalue weighted by Crippen LogP contribution is 2.36. The first-order valence-corrected chi connectivity index (χ1v) is 18.3. The van der Waals surface area contributed by atoms with Crippen LogP contribution in [0.2, 0.25) is 0 Å². The maximum Gasteiger partial charge on any atom is 0.407 e. The summed E-state index contributed by atoms with van der Waals surface area (Å²) in [6, 6.07) is 12.1. The number of carbonyl (C=O) groups is 3. The molecule has 3 aliphatic rings. The van der Waals surface area contributed by atoms with Crippen LogP contribution >= 0.6 is 0 Å². The Bertz CT molecular complexity index is 1630. The average Bonchev–Trinajstić information content (AvgIpc) is 3.85. The smallest absolute Gasteiger partial charge is 0.407 e. The van der Waals surface area contributed by atoms with Crippen LogP contribution in [0.4, 0.5) is 9.59 Å². The molecule has 0 unspecified atom stereocenters. The van der Waals surface area contributed by atoms with E-state index < -0.39 is 58.0 Å². The molecule has 280 valence electrons. The summed E-state index contributed by atoms with van der Waals surface area (Å²) in [5.74, 6) is 0.198. The molecule has 3 aliphatic heterocycles. The van der Waals surface area contributed by atoms with Crippen LogP contribution in [0.15, 0.2) is 53.4 Å². The number of hydrogen-bond acceptors (Lipinski definition) is 11. The fraction of sp³-hybridized carbons (Fsp3) is 0.559. The molecule has 4 amide bonds. The third kappa shape index (κ3) is 10.2. The van der Waals surface area contributed by atoms with E-state index in [0.29, 0.717) is 25.2 Å². The lowest BCUT2D eigenvalue weighted by atomic mass is 9.89. The van der Waals surface area contributed by atoms with Crippen LogP contribution in [-0.4, -0.2) is 114 Å². The SMILES string of the molecule is CNC(=O)NCC(=O)NCCC(C)(C)CN(C[C@@H](O)[C@H](Cc1ccccc1)NC(=O)O[C@H]1CO[C@H]2OCC[C@H]21)S(=O)(=O)c1ccc2c(c1)OCO2. The van der Waals surface area contributed by atoms with E-state index in [1.54, 1.807) is 0 Å². The standard InChI is InChI=1S/C34H47N5O11S/c1-34(2,12-13-36-30(41)17-37-32(42)35-3)20-39(51(44,45)23-9-10-27-28(16-23)49-21-48-27)18-26(40)25(15-22-7-5-4-6-8-22)38-33(43)50-29-19-47-31-24(29)11-14-46-31/h4-10,16,24-26,29,31,40H,11-15,17-21H2,1-3H3,(H,36,41)(H,38,43)(H2,35,37,42)/t24-,25-,26+,29-,31+/m0/s1. The monoisotopic (exact) mass is 733 g/mol. The summed E-state index contributed by atoms with van der Waals surface area (Å²) in [5.41, 5.74) is 0.0938. The molecule has 2 saturated heterocycles. The van der Waals surface area contributed by atoms with Gasteiger partial charge in [-0.2, -0.15) is 4.31 Å². The van der Waals surface area contributed by atoms with Gasteiger partial charge in [-0.15, -0.1) is 0 Å². The van der Waals surface area contributed by atoms with Crippen molar-refractivity contribution in [3.8, 4) is 11.5 Å². The summed E-state index contributed by atoms with van der Waals surface area (Å²) in [4.78, 5) is 36.9. The Kier molecular flexibility index (Phi) is 12.6. The van der Waals surface area contributed by atoms with E-state index in [2.05, 4.69) is 21.3 Å². The number of aliphatic hydroxyl groups is 1. The first kappa shape index (κ1) is 38.1. The highest BCUT2D eigenvalue weighted by Gasteiger charge is 2.44. The summed E-state index contributed by atoms with van der Waals surface area (Å²) in [6.45, 7) is 3.89. The van der Waals surface area contributed by atoms with Gasteiger partial charge in [-0.05, 0) is 42.4 Å². The number of alkyl carbamates (subject to hydrolysis) is 1. The number of hydrogen-bond donors (Lipinski definition) is 5. The molecule has 5 rings (SSSR count). The number of aliphatic hydroxyl groups excluding tert-OH is 1. The molecular formula is C34H47N5O11S. The van der Waals surface area contributed by atoms with Gasteiger partial charge in [0.2, 0.25) is 22.7 Å². The number of benzene rings is 2. The van der Waals surface area contributed by atoms with E-state index in [4.69, 9.17) is 23.7 Å². The first-order valence-electron chi connectivity index (χ1n) is 16.9. The van der Waals surface area contributed by atoms with Crippen LogP contribution < -0.4 is 30.7 Å². The molecule has 3 heterocycles. The molecular weight excluding hydrogens is 686 g/mol. The number of nitrogens with zero attached hydrogens (tertiary/aromatic N) is 1. The van der Waals surface area contributed by atoms with Crippen LogP contribution in [0.3, 0.4) is 0 Å². The fourth-order valence-corrected chi connectivity index (χ4v) is 7.86. The normalized spacial score (nSPS) is 20.7. The van der Waals surface area contributed by atoms with Gasteiger partial charge in [0, 0.05) is 32.7 Å². The van der Waals surface area contributed by atoms with Crippen molar-refractivity contribution < 1.29 is 51.6 Å². The Labute approximate surface area is 297 Å². The molecule has 2 aromatic carbocycles. The number of fused-ring (bicyclic) bond motifs is 2. The van der Waals surface area contributed by atoms with Gasteiger partial charge in [-0.25, -0.2) is 18.0 Å². The van der Waals surface area contributed by atoms with Crippen molar-refractivity contribution in [3.05, 3.63) is 54.1 Å². The van der Waals surface area contributed by atoms with Crippen molar-refractivity contribution >= 4 is 28.1 Å². The van der Waals surface area contributed by atoms with Gasteiger partial charge >= 0.3 is 12.1 Å². The summed E-state index contributed by atoms with van der Waals surface area (Å²) < 4.78 is 57.5. The van der Waals surface area contributed by atoms with Crippen LogP contribution in [0, 0.1) is 11.3 Å². The van der Waals surface area contributed by atoms with Crippen LogP contribution in [0.25, 0.3) is 0 Å². The number of urea groups is 1. The average molecular weight is 734 g/mol. The Hall–Kier alpha value is -4.16. The molecule has 5 atom stereocenters. The lowest BCUT2D eigenvalue weighted by molar-refractivity contribution is -0.120.